The lowest BCUT2D eigenvalue weighted by Gasteiger charge is -2.43. The van der Waals surface area contributed by atoms with Crippen molar-refractivity contribution < 1.29 is 14.3 Å². The standard InChI is InChI=1S/C20H34N2O3/c1-24-16-20-8-7-19(25-20)15-21-10-11-22(18(14-21)9-12-23)13-17-5-3-2-4-6-17/h7-8,17-18,23H,2-6,9-16H2,1H3/t18-/m1/s1. The zero-order valence-electron chi connectivity index (χ0n) is 15.7. The van der Waals surface area contributed by atoms with Crippen LogP contribution in [0, 0.1) is 5.92 Å². The normalized spacial score (nSPS) is 24.0. The van der Waals surface area contributed by atoms with Gasteiger partial charge in [0.05, 0.1) is 6.54 Å². The molecule has 2 heterocycles. The van der Waals surface area contributed by atoms with Crippen molar-refractivity contribution in [3.8, 4) is 0 Å². The van der Waals surface area contributed by atoms with Gasteiger partial charge in [0.1, 0.15) is 18.1 Å². The van der Waals surface area contributed by atoms with Crippen LogP contribution in [0.5, 0.6) is 0 Å². The Balaban J connectivity index is 1.52. The Hall–Kier alpha value is -0.880. The van der Waals surface area contributed by atoms with Gasteiger partial charge in [0, 0.05) is 45.9 Å². The monoisotopic (exact) mass is 350 g/mol. The minimum atomic E-state index is 0.276. The summed E-state index contributed by atoms with van der Waals surface area (Å²) in [7, 11) is 1.69. The molecule has 0 unspecified atom stereocenters. The molecule has 1 atom stereocenters. The van der Waals surface area contributed by atoms with Gasteiger partial charge in [-0.25, -0.2) is 0 Å². The molecule has 1 aromatic rings. The van der Waals surface area contributed by atoms with Crippen LogP contribution < -0.4 is 0 Å². The van der Waals surface area contributed by atoms with Crippen LogP contribution in [0.25, 0.3) is 0 Å². The molecule has 0 spiro atoms. The number of rotatable bonds is 8. The number of hydrogen-bond acceptors (Lipinski definition) is 5. The molecule has 1 saturated heterocycles. The van der Waals surface area contributed by atoms with Crippen LogP contribution in [0.1, 0.15) is 50.0 Å². The lowest BCUT2D eigenvalue weighted by atomic mass is 9.88. The minimum Gasteiger partial charge on any atom is -0.462 e. The molecule has 2 aliphatic rings. The number of piperazine rings is 1. The molecule has 5 nitrogen and oxygen atoms in total. The maximum absolute atomic E-state index is 9.50. The van der Waals surface area contributed by atoms with Crippen molar-refractivity contribution in [1.29, 1.82) is 0 Å². The predicted octanol–water partition coefficient (Wildman–Crippen LogP) is 2.87. The van der Waals surface area contributed by atoms with Crippen molar-refractivity contribution in [3.63, 3.8) is 0 Å². The highest BCUT2D eigenvalue weighted by Crippen LogP contribution is 2.26. The maximum Gasteiger partial charge on any atom is 0.129 e. The summed E-state index contributed by atoms with van der Waals surface area (Å²) in [6, 6.07) is 4.53. The van der Waals surface area contributed by atoms with Gasteiger partial charge in [0.2, 0.25) is 0 Å². The molecule has 0 amide bonds. The Morgan fingerprint density at radius 1 is 1.16 bits per heavy atom. The van der Waals surface area contributed by atoms with E-state index in [-0.39, 0.29) is 6.61 Å². The SMILES string of the molecule is COCc1ccc(CN2CCN(CC3CCCCC3)[C@H](CCO)C2)o1. The van der Waals surface area contributed by atoms with Crippen molar-refractivity contribution in [1.82, 2.24) is 9.80 Å². The first kappa shape index (κ1) is 18.9. The predicted molar refractivity (Wildman–Crippen MR) is 98.3 cm³/mol. The average Bonchev–Trinajstić information content (AvgIpc) is 3.06. The van der Waals surface area contributed by atoms with E-state index in [0.717, 1.165) is 50.0 Å². The second kappa shape index (κ2) is 9.72. The molecule has 2 fully saturated rings. The van der Waals surface area contributed by atoms with E-state index in [1.165, 1.54) is 38.6 Å². The highest BCUT2D eigenvalue weighted by Gasteiger charge is 2.29. The summed E-state index contributed by atoms with van der Waals surface area (Å²) in [5, 5.41) is 9.50. The van der Waals surface area contributed by atoms with Crippen molar-refractivity contribution >= 4 is 0 Å². The molecular weight excluding hydrogens is 316 g/mol. The van der Waals surface area contributed by atoms with Gasteiger partial charge in [-0.05, 0) is 37.3 Å². The second-order valence-electron chi connectivity index (χ2n) is 7.70. The Labute approximate surface area is 151 Å². The summed E-state index contributed by atoms with van der Waals surface area (Å²) in [5.41, 5.74) is 0. The Bertz CT molecular complexity index is 499. The van der Waals surface area contributed by atoms with Crippen LogP contribution in [0.4, 0.5) is 0 Å². The van der Waals surface area contributed by atoms with Crippen molar-refractivity contribution in [2.24, 2.45) is 5.92 Å². The Morgan fingerprint density at radius 2 is 1.96 bits per heavy atom. The smallest absolute Gasteiger partial charge is 0.129 e. The Morgan fingerprint density at radius 3 is 2.72 bits per heavy atom. The molecule has 3 rings (SSSR count). The number of furan rings is 1. The molecule has 1 aliphatic carbocycles. The van der Waals surface area contributed by atoms with Gasteiger partial charge in [-0.3, -0.25) is 9.80 Å². The topological polar surface area (TPSA) is 49.1 Å². The molecule has 5 heteroatoms. The van der Waals surface area contributed by atoms with Crippen molar-refractivity contribution in [3.05, 3.63) is 23.7 Å². The van der Waals surface area contributed by atoms with Gasteiger partial charge in [-0.1, -0.05) is 19.3 Å². The molecule has 0 radical (unpaired) electrons. The number of ether oxygens (including phenoxy) is 1. The molecule has 1 N–H and O–H groups in total. The zero-order valence-corrected chi connectivity index (χ0v) is 15.7. The number of aliphatic hydroxyl groups is 1. The molecule has 0 aromatic carbocycles. The molecule has 142 valence electrons. The van der Waals surface area contributed by atoms with Crippen LogP contribution >= 0.6 is 0 Å². The second-order valence-corrected chi connectivity index (χ2v) is 7.70. The summed E-state index contributed by atoms with van der Waals surface area (Å²) < 4.78 is 11.0. The minimum absolute atomic E-state index is 0.276. The van der Waals surface area contributed by atoms with Crippen LogP contribution in [0.15, 0.2) is 16.5 Å². The van der Waals surface area contributed by atoms with Gasteiger partial charge in [-0.15, -0.1) is 0 Å². The summed E-state index contributed by atoms with van der Waals surface area (Å²) >= 11 is 0. The summed E-state index contributed by atoms with van der Waals surface area (Å²) in [6.45, 7) is 6.08. The van der Waals surface area contributed by atoms with Gasteiger partial charge in [-0.2, -0.15) is 0 Å². The van der Waals surface area contributed by atoms with Crippen LogP contribution in [-0.4, -0.2) is 60.8 Å². The van der Waals surface area contributed by atoms with Crippen LogP contribution in [0.2, 0.25) is 0 Å². The number of methoxy groups -OCH3 is 1. The fourth-order valence-corrected chi connectivity index (χ4v) is 4.41. The molecule has 1 saturated carbocycles. The zero-order chi connectivity index (χ0) is 17.5. The maximum atomic E-state index is 9.50. The molecule has 0 bridgehead atoms. The lowest BCUT2D eigenvalue weighted by Crippen LogP contribution is -2.54. The highest BCUT2D eigenvalue weighted by atomic mass is 16.5. The third-order valence-corrected chi connectivity index (χ3v) is 5.75. The van der Waals surface area contributed by atoms with E-state index in [2.05, 4.69) is 15.9 Å². The Kier molecular flexibility index (Phi) is 7.35. The molecule has 25 heavy (non-hydrogen) atoms. The first-order chi connectivity index (χ1) is 12.3. The van der Waals surface area contributed by atoms with Gasteiger partial charge in [0.15, 0.2) is 0 Å². The first-order valence-electron chi connectivity index (χ1n) is 9.92. The quantitative estimate of drug-likeness (QED) is 0.781. The van der Waals surface area contributed by atoms with E-state index in [1.807, 2.05) is 6.07 Å². The fraction of sp³-hybridized carbons (Fsp3) is 0.800. The van der Waals surface area contributed by atoms with E-state index >= 15 is 0 Å². The number of hydrogen-bond donors (Lipinski definition) is 1. The van der Waals surface area contributed by atoms with Gasteiger partial charge < -0.3 is 14.3 Å². The van der Waals surface area contributed by atoms with Crippen molar-refractivity contribution in [2.75, 3.05) is 39.9 Å². The molecule has 1 aromatic heterocycles. The summed E-state index contributed by atoms with van der Waals surface area (Å²) in [6.07, 6.45) is 7.87. The van der Waals surface area contributed by atoms with E-state index in [1.54, 1.807) is 7.11 Å². The van der Waals surface area contributed by atoms with E-state index < -0.39 is 0 Å². The third kappa shape index (κ3) is 5.55. The third-order valence-electron chi connectivity index (χ3n) is 5.75. The van der Waals surface area contributed by atoms with Crippen molar-refractivity contribution in [2.45, 2.75) is 57.7 Å². The van der Waals surface area contributed by atoms with Crippen LogP contribution in [-0.2, 0) is 17.9 Å². The average molecular weight is 351 g/mol. The van der Waals surface area contributed by atoms with Gasteiger partial charge in [0.25, 0.3) is 0 Å². The molecular formula is C20H34N2O3. The molecule has 1 aliphatic heterocycles. The fourth-order valence-electron chi connectivity index (χ4n) is 4.41. The summed E-state index contributed by atoms with van der Waals surface area (Å²) in [4.78, 5) is 5.11. The van der Waals surface area contributed by atoms with E-state index in [4.69, 9.17) is 9.15 Å². The summed E-state index contributed by atoms with van der Waals surface area (Å²) in [5.74, 6) is 2.76. The van der Waals surface area contributed by atoms with E-state index in [9.17, 15) is 5.11 Å². The highest BCUT2D eigenvalue weighted by molar-refractivity contribution is 5.06. The number of aliphatic hydroxyl groups excluding tert-OH is 1. The lowest BCUT2D eigenvalue weighted by molar-refractivity contribution is 0.0369. The number of nitrogens with zero attached hydrogens (tertiary/aromatic N) is 2. The van der Waals surface area contributed by atoms with Crippen LogP contribution in [0.3, 0.4) is 0 Å². The first-order valence-corrected chi connectivity index (χ1v) is 9.92. The van der Waals surface area contributed by atoms with Gasteiger partial charge >= 0.3 is 0 Å². The van der Waals surface area contributed by atoms with E-state index in [0.29, 0.717) is 12.6 Å². The largest absolute Gasteiger partial charge is 0.462 e.